The third kappa shape index (κ3) is 10.3. The molecule has 5 aromatic rings. The summed E-state index contributed by atoms with van der Waals surface area (Å²) in [4.78, 5) is 0.978. The molecule has 9 heteroatoms. The van der Waals surface area contributed by atoms with E-state index in [0.29, 0.717) is 53.4 Å². The van der Waals surface area contributed by atoms with Gasteiger partial charge in [-0.15, -0.1) is 0 Å². The Labute approximate surface area is 293 Å². The van der Waals surface area contributed by atoms with Crippen LogP contribution in [-0.2, 0) is 34.3 Å². The summed E-state index contributed by atoms with van der Waals surface area (Å²) >= 11 is 1.24. The highest BCUT2D eigenvalue weighted by molar-refractivity contribution is 8.00. The topological polar surface area (TPSA) is 113 Å². The minimum atomic E-state index is -4.56. The van der Waals surface area contributed by atoms with Crippen molar-refractivity contribution in [3.05, 3.63) is 143 Å². The Morgan fingerprint density at radius 3 is 2.22 bits per heavy atom. The van der Waals surface area contributed by atoms with Crippen LogP contribution in [0.25, 0.3) is 11.1 Å². The van der Waals surface area contributed by atoms with Gasteiger partial charge in [0.1, 0.15) is 16.7 Å². The molecule has 0 bridgehead atoms. The predicted octanol–water partition coefficient (Wildman–Crippen LogP) is 8.31. The van der Waals surface area contributed by atoms with Crippen molar-refractivity contribution in [3.63, 3.8) is 0 Å². The van der Waals surface area contributed by atoms with E-state index in [0.717, 1.165) is 46.6 Å². The first-order chi connectivity index (χ1) is 23.7. The molecule has 49 heavy (non-hydrogen) atoms. The highest BCUT2D eigenvalue weighted by atomic mass is 32.2. The van der Waals surface area contributed by atoms with Gasteiger partial charge in [0.2, 0.25) is 0 Å². The van der Waals surface area contributed by atoms with E-state index in [-0.39, 0.29) is 11.5 Å². The Morgan fingerprint density at radius 1 is 0.776 bits per heavy atom. The zero-order chi connectivity index (χ0) is 34.6. The molecule has 1 atom stereocenters. The highest BCUT2D eigenvalue weighted by Crippen LogP contribution is 2.38. The number of hydrogen-bond donors (Lipinski definition) is 3. The summed E-state index contributed by atoms with van der Waals surface area (Å²) in [5.74, 6) is 0.744. The Hall–Kier alpha value is -3.96. The second-order valence-corrected chi connectivity index (χ2v) is 14.2. The molecule has 0 aliphatic heterocycles. The SMILES string of the molecule is CCCCOc1ccc(Sc2ccc(-c3ccccc3C(O)c3cccc(COCCc4ccc(CCO)cc4)c3)cc2S(=O)(=O)O)cc1. The van der Waals surface area contributed by atoms with Crippen LogP contribution in [0.1, 0.15) is 53.7 Å². The van der Waals surface area contributed by atoms with Gasteiger partial charge in [0, 0.05) is 16.4 Å². The Bertz CT molecular complexity index is 1910. The lowest BCUT2D eigenvalue weighted by Gasteiger charge is -2.18. The fraction of sp³-hybridized carbons (Fsp3) is 0.250. The molecule has 0 amide bonds. The zero-order valence-corrected chi connectivity index (χ0v) is 29.1. The number of ether oxygens (including phenoxy) is 2. The molecule has 0 heterocycles. The minimum Gasteiger partial charge on any atom is -0.494 e. The lowest BCUT2D eigenvalue weighted by molar-refractivity contribution is 0.123. The highest BCUT2D eigenvalue weighted by Gasteiger charge is 2.21. The van der Waals surface area contributed by atoms with Crippen LogP contribution >= 0.6 is 11.8 Å². The van der Waals surface area contributed by atoms with Crippen LogP contribution < -0.4 is 4.74 Å². The molecule has 5 rings (SSSR count). The van der Waals surface area contributed by atoms with E-state index in [9.17, 15) is 18.1 Å². The van der Waals surface area contributed by atoms with Crippen molar-refractivity contribution in [3.8, 4) is 16.9 Å². The molecule has 0 spiro atoms. The summed E-state index contributed by atoms with van der Waals surface area (Å²) in [5, 5.41) is 20.7. The zero-order valence-electron chi connectivity index (χ0n) is 27.5. The summed E-state index contributed by atoms with van der Waals surface area (Å²) in [6, 6.07) is 35.4. The molecule has 0 saturated heterocycles. The molecule has 0 aliphatic rings. The molecule has 0 aliphatic carbocycles. The van der Waals surface area contributed by atoms with E-state index in [4.69, 9.17) is 14.6 Å². The quantitative estimate of drug-likeness (QED) is 0.0657. The van der Waals surface area contributed by atoms with Gasteiger partial charge >= 0.3 is 0 Å². The summed E-state index contributed by atoms with van der Waals surface area (Å²) in [5.41, 5.74) is 5.66. The van der Waals surface area contributed by atoms with Gasteiger partial charge in [0.25, 0.3) is 10.1 Å². The van der Waals surface area contributed by atoms with Crippen molar-refractivity contribution >= 4 is 21.9 Å². The fourth-order valence-corrected chi connectivity index (χ4v) is 7.30. The Morgan fingerprint density at radius 2 is 1.51 bits per heavy atom. The van der Waals surface area contributed by atoms with Crippen molar-refractivity contribution in [2.75, 3.05) is 19.8 Å². The molecule has 0 saturated carbocycles. The first-order valence-electron chi connectivity index (χ1n) is 16.4. The Balaban J connectivity index is 1.29. The number of hydrogen-bond acceptors (Lipinski definition) is 7. The van der Waals surface area contributed by atoms with E-state index in [1.54, 1.807) is 12.1 Å². The number of aliphatic hydroxyl groups is 2. The van der Waals surface area contributed by atoms with Crippen LogP contribution in [0, 0.1) is 0 Å². The molecule has 1 unspecified atom stereocenters. The number of benzene rings is 5. The third-order valence-electron chi connectivity index (χ3n) is 8.10. The summed E-state index contributed by atoms with van der Waals surface area (Å²) < 4.78 is 47.1. The van der Waals surface area contributed by atoms with Gasteiger partial charge in [-0.1, -0.05) is 104 Å². The Kier molecular flexibility index (Phi) is 13.1. The first-order valence-corrected chi connectivity index (χ1v) is 18.7. The molecule has 0 radical (unpaired) electrons. The van der Waals surface area contributed by atoms with Gasteiger partial charge in [-0.2, -0.15) is 8.42 Å². The second-order valence-electron chi connectivity index (χ2n) is 11.7. The first kappa shape index (κ1) is 36.3. The lowest BCUT2D eigenvalue weighted by Crippen LogP contribution is -2.05. The maximum atomic E-state index is 12.6. The molecule has 5 aromatic carbocycles. The number of aliphatic hydroxyl groups excluding tert-OH is 2. The summed E-state index contributed by atoms with van der Waals surface area (Å²) in [6.45, 7) is 3.80. The van der Waals surface area contributed by atoms with Gasteiger partial charge in [0.05, 0.1) is 19.8 Å². The molecule has 0 fully saturated rings. The smallest absolute Gasteiger partial charge is 0.295 e. The third-order valence-corrected chi connectivity index (χ3v) is 10.2. The van der Waals surface area contributed by atoms with Crippen LogP contribution in [0.5, 0.6) is 5.75 Å². The van der Waals surface area contributed by atoms with Crippen LogP contribution in [-0.4, -0.2) is 43.0 Å². The second kappa shape index (κ2) is 17.6. The van der Waals surface area contributed by atoms with Crippen LogP contribution in [0.3, 0.4) is 0 Å². The maximum Gasteiger partial charge on any atom is 0.295 e. The van der Waals surface area contributed by atoms with Crippen LogP contribution in [0.4, 0.5) is 0 Å². The van der Waals surface area contributed by atoms with E-state index >= 15 is 0 Å². The van der Waals surface area contributed by atoms with Crippen molar-refractivity contribution in [2.24, 2.45) is 0 Å². The standard InChI is InChI=1S/C40H42O7S2/c1-2-3-24-47-34-16-18-35(19-17-34)48-38-20-15-32(27-39(38)49(43,44)45)36-9-4-5-10-37(36)40(42)33-8-6-7-31(26-33)28-46-25-22-30-13-11-29(12-14-30)21-23-41/h4-20,26-27,40-42H,2-3,21-25,28H2,1H3,(H,43,44,45). The van der Waals surface area contributed by atoms with E-state index in [1.165, 1.54) is 17.8 Å². The van der Waals surface area contributed by atoms with Crippen LogP contribution in [0.15, 0.2) is 130 Å². The normalized spacial score (nSPS) is 12.2. The van der Waals surface area contributed by atoms with Gasteiger partial charge < -0.3 is 19.7 Å². The van der Waals surface area contributed by atoms with E-state index < -0.39 is 16.2 Å². The van der Waals surface area contributed by atoms with Gasteiger partial charge in [-0.25, -0.2) is 0 Å². The van der Waals surface area contributed by atoms with Crippen molar-refractivity contribution in [2.45, 2.75) is 60.0 Å². The van der Waals surface area contributed by atoms with Crippen molar-refractivity contribution < 1.29 is 32.7 Å². The molecule has 0 aromatic heterocycles. The van der Waals surface area contributed by atoms with Gasteiger partial charge in [-0.05, 0) is 94.6 Å². The summed E-state index contributed by atoms with van der Waals surface area (Å²) in [7, 11) is -4.56. The predicted molar refractivity (Wildman–Crippen MR) is 194 cm³/mol. The van der Waals surface area contributed by atoms with Crippen molar-refractivity contribution in [1.82, 2.24) is 0 Å². The van der Waals surface area contributed by atoms with Gasteiger partial charge in [0.15, 0.2) is 0 Å². The average molecular weight is 699 g/mol. The molecule has 7 nitrogen and oxygen atoms in total. The summed E-state index contributed by atoms with van der Waals surface area (Å²) in [6.07, 6.45) is 2.42. The molecule has 3 N–H and O–H groups in total. The number of unbranched alkanes of at least 4 members (excludes halogenated alkanes) is 1. The molecular formula is C40H42O7S2. The van der Waals surface area contributed by atoms with E-state index in [2.05, 4.69) is 19.1 Å². The molecule has 256 valence electrons. The van der Waals surface area contributed by atoms with E-state index in [1.807, 2.05) is 84.9 Å². The lowest BCUT2D eigenvalue weighted by atomic mass is 9.92. The largest absolute Gasteiger partial charge is 0.494 e. The van der Waals surface area contributed by atoms with Crippen LogP contribution in [0.2, 0.25) is 0 Å². The van der Waals surface area contributed by atoms with Gasteiger partial charge in [-0.3, -0.25) is 4.55 Å². The number of rotatable bonds is 17. The monoisotopic (exact) mass is 698 g/mol. The minimum absolute atomic E-state index is 0.134. The van der Waals surface area contributed by atoms with Crippen molar-refractivity contribution in [1.29, 1.82) is 0 Å². The average Bonchev–Trinajstić information content (AvgIpc) is 3.11. The molecular weight excluding hydrogens is 657 g/mol. The maximum absolute atomic E-state index is 12.6. The fourth-order valence-electron chi connectivity index (χ4n) is 5.44.